The maximum Gasteiger partial charge on any atom is 0.0280 e. The average Bonchev–Trinajstić information content (AvgIpc) is 1.77. The second-order valence-corrected chi connectivity index (χ2v) is 4.18. The van der Waals surface area contributed by atoms with E-state index in [0.29, 0.717) is 0 Å². The first-order valence-electron chi connectivity index (χ1n) is 3.95. The van der Waals surface area contributed by atoms with Gasteiger partial charge in [-0.1, -0.05) is 0 Å². The quantitative estimate of drug-likeness (QED) is 0.619. The minimum atomic E-state index is 0.728. The van der Waals surface area contributed by atoms with Crippen LogP contribution in [-0.4, -0.2) is 41.6 Å². The summed E-state index contributed by atoms with van der Waals surface area (Å²) in [5.41, 5.74) is 5.59. The van der Waals surface area contributed by atoms with Crippen molar-refractivity contribution in [2.75, 3.05) is 24.6 Å². The molecule has 1 unspecified atom stereocenters. The van der Waals surface area contributed by atoms with Gasteiger partial charge in [-0.25, -0.2) is 0 Å². The van der Waals surface area contributed by atoms with Gasteiger partial charge in [-0.15, -0.1) is 0 Å². The van der Waals surface area contributed by atoms with Crippen molar-refractivity contribution in [1.29, 1.82) is 0 Å². The van der Waals surface area contributed by atoms with Crippen LogP contribution >= 0.6 is 11.8 Å². The summed E-state index contributed by atoms with van der Waals surface area (Å²) in [6, 6.07) is 1.61. The smallest absolute Gasteiger partial charge is 0.0280 e. The summed E-state index contributed by atoms with van der Waals surface area (Å²) in [6.07, 6.45) is 1.33. The van der Waals surface area contributed by atoms with E-state index in [9.17, 15) is 0 Å². The SMILES string of the molecule is NCC1CCN1C1CSC1. The highest BCUT2D eigenvalue weighted by atomic mass is 32.2. The van der Waals surface area contributed by atoms with Gasteiger partial charge in [-0.2, -0.15) is 11.8 Å². The van der Waals surface area contributed by atoms with Crippen molar-refractivity contribution in [1.82, 2.24) is 4.90 Å². The number of nitrogens with zero attached hydrogens (tertiary/aromatic N) is 1. The average molecular weight is 158 g/mol. The van der Waals surface area contributed by atoms with E-state index in [1.165, 1.54) is 24.5 Å². The fraction of sp³-hybridized carbons (Fsp3) is 1.00. The number of likely N-dealkylation sites (tertiary alicyclic amines) is 1. The standard InChI is InChI=1S/C7H14N2S/c8-3-6-1-2-9(6)7-4-10-5-7/h6-7H,1-5,8H2. The zero-order valence-electron chi connectivity index (χ0n) is 6.12. The Balaban J connectivity index is 1.81. The first-order valence-corrected chi connectivity index (χ1v) is 5.11. The molecule has 0 spiro atoms. The molecule has 0 bridgehead atoms. The molecule has 0 aliphatic carbocycles. The molecule has 2 rings (SSSR count). The second-order valence-electron chi connectivity index (χ2n) is 3.11. The highest BCUT2D eigenvalue weighted by Crippen LogP contribution is 2.29. The first kappa shape index (κ1) is 6.95. The maximum absolute atomic E-state index is 5.59. The summed E-state index contributed by atoms with van der Waals surface area (Å²) < 4.78 is 0. The van der Waals surface area contributed by atoms with Crippen molar-refractivity contribution in [3.05, 3.63) is 0 Å². The van der Waals surface area contributed by atoms with Gasteiger partial charge in [-0.05, 0) is 6.42 Å². The van der Waals surface area contributed by atoms with Crippen LogP contribution in [0.2, 0.25) is 0 Å². The Morgan fingerprint density at radius 3 is 2.60 bits per heavy atom. The highest BCUT2D eigenvalue weighted by molar-refractivity contribution is 8.00. The molecule has 2 N–H and O–H groups in total. The summed E-state index contributed by atoms with van der Waals surface area (Å²) in [7, 11) is 0. The molecule has 0 aromatic rings. The summed E-state index contributed by atoms with van der Waals surface area (Å²) in [5, 5.41) is 0. The number of thioether (sulfide) groups is 1. The monoisotopic (exact) mass is 158 g/mol. The molecule has 0 aromatic carbocycles. The lowest BCUT2D eigenvalue weighted by molar-refractivity contribution is 0.0618. The van der Waals surface area contributed by atoms with Crippen LogP contribution < -0.4 is 5.73 Å². The van der Waals surface area contributed by atoms with Crippen LogP contribution in [0.4, 0.5) is 0 Å². The zero-order chi connectivity index (χ0) is 6.97. The highest BCUT2D eigenvalue weighted by Gasteiger charge is 2.35. The van der Waals surface area contributed by atoms with Gasteiger partial charge in [0.25, 0.3) is 0 Å². The number of hydrogen-bond acceptors (Lipinski definition) is 3. The number of hydrogen-bond donors (Lipinski definition) is 1. The normalized spacial score (nSPS) is 35.1. The fourth-order valence-corrected chi connectivity index (χ4v) is 2.44. The lowest BCUT2D eigenvalue weighted by atomic mass is 10.0. The molecule has 2 aliphatic rings. The molecule has 0 radical (unpaired) electrons. The van der Waals surface area contributed by atoms with Crippen LogP contribution in [0.1, 0.15) is 6.42 Å². The van der Waals surface area contributed by atoms with Crippen LogP contribution in [0.15, 0.2) is 0 Å². The Morgan fingerprint density at radius 2 is 2.30 bits per heavy atom. The van der Waals surface area contributed by atoms with E-state index in [1.807, 2.05) is 0 Å². The zero-order valence-corrected chi connectivity index (χ0v) is 6.94. The van der Waals surface area contributed by atoms with Crippen molar-refractivity contribution in [2.24, 2.45) is 5.73 Å². The van der Waals surface area contributed by atoms with Gasteiger partial charge in [0, 0.05) is 36.7 Å². The van der Waals surface area contributed by atoms with Crippen molar-refractivity contribution in [3.8, 4) is 0 Å². The topological polar surface area (TPSA) is 29.3 Å². The largest absolute Gasteiger partial charge is 0.329 e. The molecule has 2 heterocycles. The maximum atomic E-state index is 5.59. The van der Waals surface area contributed by atoms with Gasteiger partial charge in [0.2, 0.25) is 0 Å². The van der Waals surface area contributed by atoms with Crippen LogP contribution in [0, 0.1) is 0 Å². The molecule has 1 atom stereocenters. The fourth-order valence-electron chi connectivity index (χ4n) is 1.61. The summed E-state index contributed by atoms with van der Waals surface area (Å²) in [5.74, 6) is 2.69. The van der Waals surface area contributed by atoms with Crippen LogP contribution in [-0.2, 0) is 0 Å². The minimum absolute atomic E-state index is 0.728. The molecule has 0 aromatic heterocycles. The third-order valence-electron chi connectivity index (χ3n) is 2.55. The minimum Gasteiger partial charge on any atom is -0.329 e. The van der Waals surface area contributed by atoms with Crippen LogP contribution in [0.3, 0.4) is 0 Å². The third-order valence-corrected chi connectivity index (χ3v) is 3.79. The first-order chi connectivity index (χ1) is 4.92. The van der Waals surface area contributed by atoms with E-state index in [2.05, 4.69) is 16.7 Å². The molecule has 2 fully saturated rings. The second kappa shape index (κ2) is 2.72. The van der Waals surface area contributed by atoms with Crippen LogP contribution in [0.5, 0.6) is 0 Å². The lowest BCUT2D eigenvalue weighted by Crippen LogP contribution is -2.60. The Morgan fingerprint density at radius 1 is 1.50 bits per heavy atom. The molecule has 0 saturated carbocycles. The summed E-state index contributed by atoms with van der Waals surface area (Å²) in [4.78, 5) is 2.57. The van der Waals surface area contributed by atoms with Crippen LogP contribution in [0.25, 0.3) is 0 Å². The van der Waals surface area contributed by atoms with Gasteiger partial charge in [-0.3, -0.25) is 4.90 Å². The van der Waals surface area contributed by atoms with E-state index >= 15 is 0 Å². The predicted octanol–water partition coefficient (Wildman–Crippen LogP) is 0.135. The lowest BCUT2D eigenvalue weighted by Gasteiger charge is -2.48. The van der Waals surface area contributed by atoms with Gasteiger partial charge < -0.3 is 5.73 Å². The van der Waals surface area contributed by atoms with Gasteiger partial charge in [0.05, 0.1) is 0 Å². The molecule has 10 heavy (non-hydrogen) atoms. The van der Waals surface area contributed by atoms with E-state index in [0.717, 1.165) is 18.6 Å². The van der Waals surface area contributed by atoms with E-state index in [-0.39, 0.29) is 0 Å². The third kappa shape index (κ3) is 0.966. The Kier molecular flexibility index (Phi) is 1.89. The van der Waals surface area contributed by atoms with Crippen molar-refractivity contribution < 1.29 is 0 Å². The molecule has 3 heteroatoms. The molecular formula is C7H14N2S. The van der Waals surface area contributed by atoms with Gasteiger partial charge in [0.1, 0.15) is 0 Å². The summed E-state index contributed by atoms with van der Waals surface area (Å²) >= 11 is 2.05. The molecule has 2 nitrogen and oxygen atoms in total. The molecule has 2 saturated heterocycles. The Hall–Kier alpha value is 0.270. The van der Waals surface area contributed by atoms with Gasteiger partial charge in [0.15, 0.2) is 0 Å². The Labute approximate surface area is 66.1 Å². The predicted molar refractivity (Wildman–Crippen MR) is 45.3 cm³/mol. The summed E-state index contributed by atoms with van der Waals surface area (Å²) in [6.45, 7) is 2.16. The van der Waals surface area contributed by atoms with Gasteiger partial charge >= 0.3 is 0 Å². The molecule has 2 aliphatic heterocycles. The van der Waals surface area contributed by atoms with Crippen molar-refractivity contribution in [2.45, 2.75) is 18.5 Å². The van der Waals surface area contributed by atoms with Crippen molar-refractivity contribution in [3.63, 3.8) is 0 Å². The van der Waals surface area contributed by atoms with E-state index < -0.39 is 0 Å². The molecular weight excluding hydrogens is 144 g/mol. The molecule has 0 amide bonds. The number of nitrogens with two attached hydrogens (primary N) is 1. The Bertz CT molecular complexity index is 115. The van der Waals surface area contributed by atoms with E-state index in [4.69, 9.17) is 5.73 Å². The number of rotatable bonds is 2. The van der Waals surface area contributed by atoms with Crippen molar-refractivity contribution >= 4 is 11.8 Å². The van der Waals surface area contributed by atoms with E-state index in [1.54, 1.807) is 0 Å². The molecule has 58 valence electrons.